The van der Waals surface area contributed by atoms with Crippen molar-refractivity contribution in [2.45, 2.75) is 44.2 Å². The molecule has 0 aromatic heterocycles. The topological polar surface area (TPSA) is 3.24 Å². The van der Waals surface area contributed by atoms with Crippen LogP contribution < -0.4 is 21.9 Å². The number of benzene rings is 8. The molecule has 2 atom stereocenters. The quantitative estimate of drug-likeness (QED) is 0.0735. The highest BCUT2D eigenvalue weighted by atomic mass is 19.2. The third kappa shape index (κ3) is 7.07. The molecule has 0 amide bonds. The highest BCUT2D eigenvalue weighted by Gasteiger charge is 2.52. The first-order chi connectivity index (χ1) is 36.4. The molecule has 2 fully saturated rings. The second-order valence-electron chi connectivity index (χ2n) is 17.8. The molecule has 2 bridgehead atoms. The van der Waals surface area contributed by atoms with Crippen LogP contribution in [0.1, 0.15) is 32.1 Å². The minimum atomic E-state index is -8.05. The van der Waals surface area contributed by atoms with Crippen LogP contribution in [0.25, 0.3) is 43.1 Å². The van der Waals surface area contributed by atoms with Crippen molar-refractivity contribution in [3.63, 3.8) is 0 Å². The number of piperidine rings is 1. The molecule has 2 saturated heterocycles. The van der Waals surface area contributed by atoms with Gasteiger partial charge < -0.3 is 4.90 Å². The minimum absolute atomic E-state index is 0.962. The van der Waals surface area contributed by atoms with E-state index < -0.39 is 234 Å². The Morgan fingerprint density at radius 1 is 0.218 bits per heavy atom. The predicted octanol–water partition coefficient (Wildman–Crippen LogP) is 13.2. The summed E-state index contributed by atoms with van der Waals surface area (Å²) in [5.74, 6) is -104. The van der Waals surface area contributed by atoms with Gasteiger partial charge in [0.1, 0.15) is 29.4 Å². The van der Waals surface area contributed by atoms with Gasteiger partial charge in [-0.25, -0.2) is 123 Å². The highest BCUT2D eigenvalue weighted by molar-refractivity contribution is 7.23. The van der Waals surface area contributed by atoms with Gasteiger partial charge in [-0.15, -0.1) is 21.9 Å². The molecule has 10 rings (SSSR count). The van der Waals surface area contributed by atoms with Crippen LogP contribution in [0.15, 0.2) is 0 Å². The summed E-state index contributed by atoms with van der Waals surface area (Å²) in [7, 11) is 2.29. The first-order valence-corrected chi connectivity index (χ1v) is 21.5. The van der Waals surface area contributed by atoms with Crippen LogP contribution in [-0.4, -0.2) is 30.2 Å². The first kappa shape index (κ1) is 55.6. The van der Waals surface area contributed by atoms with Gasteiger partial charge in [0.05, 0.1) is 21.5 Å². The number of hydrogen-bond donors (Lipinski definition) is 0. The predicted molar refractivity (Wildman–Crippen MR) is 217 cm³/mol. The van der Waals surface area contributed by atoms with Crippen molar-refractivity contribution in [2.24, 2.45) is 0 Å². The molecule has 2 aliphatic rings. The van der Waals surface area contributed by atoms with E-state index in [2.05, 4.69) is 11.9 Å². The molecule has 0 aliphatic carbocycles. The lowest BCUT2D eigenvalue weighted by Crippen LogP contribution is -2.79. The highest BCUT2D eigenvalue weighted by Crippen LogP contribution is 2.42. The van der Waals surface area contributed by atoms with Crippen LogP contribution in [0.4, 0.5) is 123 Å². The molecule has 412 valence electrons. The van der Waals surface area contributed by atoms with Crippen molar-refractivity contribution in [3.05, 3.63) is 163 Å². The van der Waals surface area contributed by atoms with E-state index in [1.807, 2.05) is 0 Å². The Kier molecular flexibility index (Phi) is 13.4. The van der Waals surface area contributed by atoms with E-state index in [1.54, 1.807) is 0 Å². The van der Waals surface area contributed by atoms with Gasteiger partial charge >= 0.3 is 0 Å². The van der Waals surface area contributed by atoms with E-state index in [1.165, 1.54) is 32.1 Å². The molecule has 0 spiro atoms. The summed E-state index contributed by atoms with van der Waals surface area (Å²) >= 11 is 0. The average molecular weight is 1150 g/mol. The Hall–Kier alpha value is -7.14. The minimum Gasteiger partial charge on any atom is -0.300 e. The lowest BCUT2D eigenvalue weighted by atomic mass is 9.11. The maximum Gasteiger partial charge on any atom is 0.198 e. The van der Waals surface area contributed by atoms with Crippen LogP contribution >= 0.6 is 0 Å². The number of rotatable bonds is 4. The molecule has 0 N–H and O–H groups in total. The molecular weight excluding hydrogens is 1130 g/mol. The Morgan fingerprint density at radius 2 is 0.372 bits per heavy atom. The standard InChI is InChI=1S/C40BF28.C8H15N/c42-13-1-5(21(50)37(66)33(13)62)17(46)29(58)25(54)9(1)41(10-2-6(18(47)30(59)26(10)55)22(51)38(67)34(63)14(2)43,11-3-7(19(48)31(60)27(11)56)23(52)39(68)35(64)15(3)44)12-4-8(20(49)32(61)28(12)57)24(53)40(69)36(65)16(4)45;1-9-7-3-2-4-8(9)6-5-7/h;7-8H,2-6H2,1H3/q-1;/t;7-,8+. The number of fused-ring (bicyclic) bond motifs is 6. The van der Waals surface area contributed by atoms with Crippen LogP contribution in [0.2, 0.25) is 0 Å². The van der Waals surface area contributed by atoms with E-state index in [0.717, 1.165) is 12.1 Å². The summed E-state index contributed by atoms with van der Waals surface area (Å²) < 4.78 is 446. The van der Waals surface area contributed by atoms with E-state index in [0.29, 0.717) is 0 Å². The molecule has 0 saturated carbocycles. The van der Waals surface area contributed by atoms with Crippen LogP contribution in [0.3, 0.4) is 0 Å². The van der Waals surface area contributed by atoms with Gasteiger partial charge in [0.25, 0.3) is 0 Å². The lowest BCUT2D eigenvalue weighted by Gasteiger charge is -2.47. The monoisotopic (exact) mass is 1150 g/mol. The van der Waals surface area contributed by atoms with E-state index in [-0.39, 0.29) is 0 Å². The number of nitrogens with zero attached hydrogens (tertiary/aromatic N) is 1. The summed E-state index contributed by atoms with van der Waals surface area (Å²) in [5, 5.41) is -27.0. The van der Waals surface area contributed by atoms with Gasteiger partial charge in [-0.3, -0.25) is 0 Å². The van der Waals surface area contributed by atoms with Gasteiger partial charge in [0.15, 0.2) is 140 Å². The molecule has 2 heterocycles. The van der Waals surface area contributed by atoms with Crippen molar-refractivity contribution in [3.8, 4) is 0 Å². The molecule has 8 aromatic rings. The molecule has 1 nitrogen and oxygen atoms in total. The van der Waals surface area contributed by atoms with E-state index >= 15 is 105 Å². The first-order valence-electron chi connectivity index (χ1n) is 21.5. The fourth-order valence-electron chi connectivity index (χ4n) is 11.0. The van der Waals surface area contributed by atoms with Crippen molar-refractivity contribution >= 4 is 71.1 Å². The third-order valence-electron chi connectivity index (χ3n) is 14.3. The summed E-state index contributed by atoms with van der Waals surface area (Å²) in [4.78, 5) is 2.59. The molecule has 0 unspecified atom stereocenters. The molecule has 8 aromatic carbocycles. The summed E-state index contributed by atoms with van der Waals surface area (Å²) in [6, 6.07) is 1.92. The van der Waals surface area contributed by atoms with E-state index in [4.69, 9.17) is 0 Å². The molecule has 0 radical (unpaired) electrons. The molecular formula is C48H15BF28N-. The third-order valence-corrected chi connectivity index (χ3v) is 14.3. The number of hydrogen-bond acceptors (Lipinski definition) is 1. The summed E-state index contributed by atoms with van der Waals surface area (Å²) in [5.41, 5.74) is -15.5. The fourth-order valence-corrected chi connectivity index (χ4v) is 11.0. The zero-order valence-electron chi connectivity index (χ0n) is 37.3. The second kappa shape index (κ2) is 18.8. The Balaban J connectivity index is 0.000000739. The largest absolute Gasteiger partial charge is 0.300 e. The molecule has 2 aliphatic heterocycles. The molecule has 30 heteroatoms. The summed E-state index contributed by atoms with van der Waals surface area (Å²) in [6.07, 6.45) is -0.685. The van der Waals surface area contributed by atoms with Gasteiger partial charge in [0, 0.05) is 12.1 Å². The van der Waals surface area contributed by atoms with Gasteiger partial charge in [0.2, 0.25) is 0 Å². The Morgan fingerprint density at radius 3 is 0.538 bits per heavy atom. The van der Waals surface area contributed by atoms with Crippen LogP contribution in [-0.2, 0) is 0 Å². The maximum atomic E-state index is 17.3. The zero-order valence-corrected chi connectivity index (χ0v) is 37.3. The Bertz CT molecular complexity index is 3510. The lowest BCUT2D eigenvalue weighted by molar-refractivity contribution is 0.179. The van der Waals surface area contributed by atoms with Gasteiger partial charge in [-0.05, 0) is 54.3 Å². The van der Waals surface area contributed by atoms with Gasteiger partial charge in [-0.1, -0.05) is 6.42 Å². The normalized spacial score (nSPS) is 16.0. The van der Waals surface area contributed by atoms with Gasteiger partial charge in [-0.2, -0.15) is 0 Å². The maximum absolute atomic E-state index is 17.3. The SMILES string of the molecule is CN1[C@@H]2CCC[C@H]1CC2.Fc1c(F)c(F)c2c([B-](c3c(F)c(F)c(F)c4c(F)c(F)c(F)c(F)c34)(c3c(F)c(F)c(F)c4c(F)c(F)c(F)c(F)c34)c3c(F)c(F)c(F)c4c(F)c(F)c(F)c(F)c34)c(F)c(F)c(F)c2c1F. The van der Waals surface area contributed by atoms with Crippen molar-refractivity contribution in [1.82, 2.24) is 4.90 Å². The van der Waals surface area contributed by atoms with Crippen LogP contribution in [0.5, 0.6) is 0 Å². The smallest absolute Gasteiger partial charge is 0.198 e. The number of halogens is 28. The Labute approximate surface area is 412 Å². The molecule has 78 heavy (non-hydrogen) atoms. The van der Waals surface area contributed by atoms with Crippen molar-refractivity contribution in [2.75, 3.05) is 7.05 Å². The zero-order chi connectivity index (χ0) is 57.9. The average Bonchev–Trinajstić information content (AvgIpc) is 3.70. The summed E-state index contributed by atoms with van der Waals surface area (Å²) in [6.45, 7) is 0. The fraction of sp³-hybridized carbons (Fsp3) is 0.167. The van der Waals surface area contributed by atoms with Crippen molar-refractivity contribution < 1.29 is 123 Å². The second-order valence-corrected chi connectivity index (χ2v) is 17.8. The van der Waals surface area contributed by atoms with Crippen molar-refractivity contribution in [1.29, 1.82) is 0 Å². The van der Waals surface area contributed by atoms with E-state index in [9.17, 15) is 17.6 Å². The van der Waals surface area contributed by atoms with Crippen LogP contribution in [0, 0.1) is 163 Å².